The topological polar surface area (TPSA) is 94.5 Å². The summed E-state index contributed by atoms with van der Waals surface area (Å²) in [6.45, 7) is 4.07. The molecule has 0 bridgehead atoms. The third-order valence-electron chi connectivity index (χ3n) is 6.25. The van der Waals surface area contributed by atoms with Gasteiger partial charge < -0.3 is 24.1 Å². The average molecular weight is 504 g/mol. The van der Waals surface area contributed by atoms with Crippen LogP contribution in [0.4, 0.5) is 5.69 Å². The van der Waals surface area contributed by atoms with Crippen molar-refractivity contribution in [2.45, 2.75) is 19.9 Å². The van der Waals surface area contributed by atoms with E-state index in [9.17, 15) is 14.7 Å². The van der Waals surface area contributed by atoms with Gasteiger partial charge in [0.05, 0.1) is 39.6 Å². The van der Waals surface area contributed by atoms with E-state index in [1.807, 2.05) is 13.8 Å². The Hall–Kier alpha value is -4.46. The number of aliphatic hydroxyl groups excluding tert-OH is 1. The molecule has 37 heavy (non-hydrogen) atoms. The summed E-state index contributed by atoms with van der Waals surface area (Å²) in [4.78, 5) is 28.3. The fourth-order valence-corrected chi connectivity index (χ4v) is 4.49. The van der Waals surface area contributed by atoms with E-state index in [1.54, 1.807) is 67.8 Å². The molecule has 0 spiro atoms. The molecule has 3 aromatic rings. The van der Waals surface area contributed by atoms with Crippen LogP contribution in [0.25, 0.3) is 5.76 Å². The number of Topliss-reactive ketones (excluding diaryl/α,β-unsaturated/α-hetero) is 1. The highest BCUT2D eigenvalue weighted by Gasteiger charge is 2.47. The summed E-state index contributed by atoms with van der Waals surface area (Å²) in [6.07, 6.45) is 0. The van der Waals surface area contributed by atoms with Crippen molar-refractivity contribution in [3.63, 3.8) is 0 Å². The molecule has 8 heteroatoms. The SMILES string of the molecule is CCOc1cc(C2/C(=C(/O)c3ccc(OC)c(C)c3)C(=O)C(=O)N2c2cccc(OC)c2)ccc1OC. The summed E-state index contributed by atoms with van der Waals surface area (Å²) in [6, 6.07) is 16.2. The monoisotopic (exact) mass is 503 g/mol. The summed E-state index contributed by atoms with van der Waals surface area (Å²) in [5, 5.41) is 11.4. The number of carbonyl (C=O) groups excluding carboxylic acids is 2. The fourth-order valence-electron chi connectivity index (χ4n) is 4.49. The number of nitrogens with zero attached hydrogens (tertiary/aromatic N) is 1. The fraction of sp³-hybridized carbons (Fsp3) is 0.241. The van der Waals surface area contributed by atoms with Gasteiger partial charge in [0.2, 0.25) is 0 Å². The highest BCUT2D eigenvalue weighted by atomic mass is 16.5. The number of hydrogen-bond donors (Lipinski definition) is 1. The Morgan fingerprint density at radius 2 is 1.62 bits per heavy atom. The Morgan fingerprint density at radius 3 is 2.27 bits per heavy atom. The van der Waals surface area contributed by atoms with Crippen LogP contribution in [0.2, 0.25) is 0 Å². The van der Waals surface area contributed by atoms with Crippen molar-refractivity contribution in [2.75, 3.05) is 32.8 Å². The van der Waals surface area contributed by atoms with E-state index in [-0.39, 0.29) is 11.3 Å². The molecule has 0 aliphatic carbocycles. The summed E-state index contributed by atoms with van der Waals surface area (Å²) in [7, 11) is 4.61. The molecule has 1 fully saturated rings. The van der Waals surface area contributed by atoms with E-state index in [2.05, 4.69) is 0 Å². The lowest BCUT2D eigenvalue weighted by Gasteiger charge is -2.26. The van der Waals surface area contributed by atoms with Gasteiger partial charge in [-0.1, -0.05) is 12.1 Å². The number of amides is 1. The average Bonchev–Trinajstić information content (AvgIpc) is 3.18. The first kappa shape index (κ1) is 25.6. The Labute approximate surface area is 215 Å². The number of aliphatic hydroxyl groups is 1. The van der Waals surface area contributed by atoms with Gasteiger partial charge in [-0.15, -0.1) is 0 Å². The molecule has 1 aliphatic rings. The predicted octanol–water partition coefficient (Wildman–Crippen LogP) is 5.05. The second kappa shape index (κ2) is 10.7. The Bertz CT molecular complexity index is 1380. The molecule has 0 radical (unpaired) electrons. The number of ether oxygens (including phenoxy) is 4. The lowest BCUT2D eigenvalue weighted by Crippen LogP contribution is -2.29. The van der Waals surface area contributed by atoms with Crippen molar-refractivity contribution in [2.24, 2.45) is 0 Å². The van der Waals surface area contributed by atoms with E-state index in [4.69, 9.17) is 18.9 Å². The molecule has 1 atom stereocenters. The minimum Gasteiger partial charge on any atom is -0.507 e. The molecule has 1 unspecified atom stereocenters. The van der Waals surface area contributed by atoms with Gasteiger partial charge in [0.15, 0.2) is 11.5 Å². The number of anilines is 1. The van der Waals surface area contributed by atoms with Crippen LogP contribution in [-0.4, -0.2) is 44.7 Å². The second-order valence-electron chi connectivity index (χ2n) is 8.40. The van der Waals surface area contributed by atoms with Crippen molar-refractivity contribution in [1.29, 1.82) is 0 Å². The molecule has 192 valence electrons. The first-order valence-corrected chi connectivity index (χ1v) is 11.7. The summed E-state index contributed by atoms with van der Waals surface area (Å²) in [5.74, 6) is 0.281. The number of hydrogen-bond acceptors (Lipinski definition) is 7. The zero-order valence-corrected chi connectivity index (χ0v) is 21.4. The molecule has 4 rings (SSSR count). The van der Waals surface area contributed by atoms with Crippen LogP contribution in [0, 0.1) is 6.92 Å². The second-order valence-corrected chi connectivity index (χ2v) is 8.40. The van der Waals surface area contributed by atoms with E-state index in [0.29, 0.717) is 46.4 Å². The van der Waals surface area contributed by atoms with Gasteiger partial charge in [-0.2, -0.15) is 0 Å². The summed E-state index contributed by atoms with van der Waals surface area (Å²) in [5.41, 5.74) is 2.15. The van der Waals surface area contributed by atoms with E-state index in [1.165, 1.54) is 19.1 Å². The predicted molar refractivity (Wildman–Crippen MR) is 140 cm³/mol. The molecule has 1 saturated heterocycles. The standard InChI is InChI=1S/C29H29NO7/c1-6-37-24-15-18(10-13-23(24)36-5)26-25(27(31)19-11-12-22(35-4)17(2)14-19)28(32)29(33)30(26)20-8-7-9-21(16-20)34-3/h7-16,26,31H,6H2,1-5H3/b27-25-. The van der Waals surface area contributed by atoms with Crippen LogP contribution in [-0.2, 0) is 9.59 Å². The third kappa shape index (κ3) is 4.70. The summed E-state index contributed by atoms with van der Waals surface area (Å²) < 4.78 is 21.8. The van der Waals surface area contributed by atoms with Gasteiger partial charge >= 0.3 is 0 Å². The van der Waals surface area contributed by atoms with Crippen molar-refractivity contribution in [1.82, 2.24) is 0 Å². The highest BCUT2D eigenvalue weighted by molar-refractivity contribution is 6.51. The van der Waals surface area contributed by atoms with Gasteiger partial charge in [-0.3, -0.25) is 14.5 Å². The quantitative estimate of drug-likeness (QED) is 0.261. The van der Waals surface area contributed by atoms with Crippen molar-refractivity contribution >= 4 is 23.1 Å². The number of carbonyl (C=O) groups is 2. The molecule has 0 saturated carbocycles. The van der Waals surface area contributed by atoms with Crippen LogP contribution in [0.15, 0.2) is 66.2 Å². The van der Waals surface area contributed by atoms with Gasteiger partial charge in [-0.05, 0) is 67.4 Å². The molecular weight excluding hydrogens is 474 g/mol. The van der Waals surface area contributed by atoms with Crippen LogP contribution in [0.3, 0.4) is 0 Å². The number of methoxy groups -OCH3 is 3. The maximum absolute atomic E-state index is 13.5. The minimum absolute atomic E-state index is 0.0370. The highest BCUT2D eigenvalue weighted by Crippen LogP contribution is 2.44. The molecule has 1 N–H and O–H groups in total. The zero-order chi connectivity index (χ0) is 26.7. The minimum atomic E-state index is -0.931. The van der Waals surface area contributed by atoms with Crippen molar-refractivity contribution in [3.05, 3.63) is 82.9 Å². The molecule has 1 aliphatic heterocycles. The molecular formula is C29H29NO7. The Morgan fingerprint density at radius 1 is 0.892 bits per heavy atom. The smallest absolute Gasteiger partial charge is 0.300 e. The molecule has 8 nitrogen and oxygen atoms in total. The molecule has 1 heterocycles. The first-order chi connectivity index (χ1) is 17.8. The first-order valence-electron chi connectivity index (χ1n) is 11.7. The van der Waals surface area contributed by atoms with Crippen molar-refractivity contribution in [3.8, 4) is 23.0 Å². The van der Waals surface area contributed by atoms with E-state index >= 15 is 0 Å². The number of aryl methyl sites for hydroxylation is 1. The molecule has 0 aromatic heterocycles. The number of benzene rings is 3. The normalized spacial score (nSPS) is 16.6. The van der Waals surface area contributed by atoms with Gasteiger partial charge in [-0.25, -0.2) is 0 Å². The third-order valence-corrected chi connectivity index (χ3v) is 6.25. The maximum Gasteiger partial charge on any atom is 0.300 e. The Balaban J connectivity index is 1.97. The lowest BCUT2D eigenvalue weighted by atomic mass is 9.94. The van der Waals surface area contributed by atoms with E-state index < -0.39 is 17.7 Å². The van der Waals surface area contributed by atoms with Gasteiger partial charge in [0.25, 0.3) is 11.7 Å². The van der Waals surface area contributed by atoms with Crippen LogP contribution >= 0.6 is 0 Å². The van der Waals surface area contributed by atoms with Gasteiger partial charge in [0.1, 0.15) is 17.3 Å². The largest absolute Gasteiger partial charge is 0.507 e. The van der Waals surface area contributed by atoms with Gasteiger partial charge in [0, 0.05) is 17.3 Å². The van der Waals surface area contributed by atoms with Crippen LogP contribution in [0.5, 0.6) is 23.0 Å². The van der Waals surface area contributed by atoms with Crippen LogP contribution in [0.1, 0.15) is 29.7 Å². The molecule has 3 aromatic carbocycles. The van der Waals surface area contributed by atoms with E-state index in [0.717, 1.165) is 5.56 Å². The lowest BCUT2D eigenvalue weighted by molar-refractivity contribution is -0.132. The van der Waals surface area contributed by atoms with Crippen molar-refractivity contribution < 1.29 is 33.6 Å². The number of rotatable bonds is 8. The van der Waals surface area contributed by atoms with Crippen LogP contribution < -0.4 is 23.8 Å². The number of ketones is 1. The summed E-state index contributed by atoms with van der Waals surface area (Å²) >= 11 is 0. The maximum atomic E-state index is 13.5. The molecule has 1 amide bonds. The zero-order valence-electron chi connectivity index (χ0n) is 21.4. The Kier molecular flexibility index (Phi) is 7.38.